The van der Waals surface area contributed by atoms with Crippen molar-refractivity contribution < 1.29 is 9.53 Å². The van der Waals surface area contributed by atoms with Crippen LogP contribution in [0, 0.1) is 6.92 Å². The molecule has 0 saturated carbocycles. The zero-order chi connectivity index (χ0) is 19.1. The minimum absolute atomic E-state index is 0. The summed E-state index contributed by atoms with van der Waals surface area (Å²) in [6, 6.07) is 8.15. The molecular formula is C20H30ClN5O2. The van der Waals surface area contributed by atoms with Gasteiger partial charge in [-0.2, -0.15) is 0 Å². The molecule has 1 aromatic heterocycles. The number of ether oxygens (including phenoxy) is 1. The standard InChI is InChI=1S/C20H29N5O2.ClH/c1-3-4-12-27-18-7-5-6-16(13-18)14-22-20(26)19-15(2)25(24-23-19)17-8-10-21-11-9-17;/h5-7,13,17,21H,3-4,8-12,14H2,1-2H3,(H,22,26);1H. The molecule has 1 amide bonds. The van der Waals surface area contributed by atoms with Crippen LogP contribution in [0.25, 0.3) is 0 Å². The monoisotopic (exact) mass is 407 g/mol. The Hall–Kier alpha value is -2.12. The van der Waals surface area contributed by atoms with E-state index in [2.05, 4.69) is 27.9 Å². The van der Waals surface area contributed by atoms with Crippen LogP contribution < -0.4 is 15.4 Å². The lowest BCUT2D eigenvalue weighted by molar-refractivity contribution is 0.0945. The number of hydrogen-bond donors (Lipinski definition) is 2. The highest BCUT2D eigenvalue weighted by molar-refractivity contribution is 5.93. The van der Waals surface area contributed by atoms with E-state index in [0.717, 1.165) is 55.8 Å². The topological polar surface area (TPSA) is 81.1 Å². The molecule has 3 rings (SSSR count). The van der Waals surface area contributed by atoms with Crippen molar-refractivity contribution in [2.24, 2.45) is 0 Å². The van der Waals surface area contributed by atoms with Gasteiger partial charge in [-0.05, 0) is 57.0 Å². The Morgan fingerprint density at radius 3 is 2.89 bits per heavy atom. The molecule has 1 aliphatic rings. The lowest BCUT2D eigenvalue weighted by Crippen LogP contribution is -2.30. The van der Waals surface area contributed by atoms with Crippen LogP contribution in [0.15, 0.2) is 24.3 Å². The molecule has 0 bridgehead atoms. The van der Waals surface area contributed by atoms with E-state index in [9.17, 15) is 4.79 Å². The van der Waals surface area contributed by atoms with Gasteiger partial charge in [-0.1, -0.05) is 30.7 Å². The van der Waals surface area contributed by atoms with Gasteiger partial charge in [-0.3, -0.25) is 4.79 Å². The predicted octanol–water partition coefficient (Wildman–Crippen LogP) is 3.04. The number of halogens is 1. The average molecular weight is 408 g/mol. The fourth-order valence-electron chi connectivity index (χ4n) is 3.29. The number of carbonyl (C=O) groups is 1. The van der Waals surface area contributed by atoms with E-state index < -0.39 is 0 Å². The fraction of sp³-hybridized carbons (Fsp3) is 0.550. The van der Waals surface area contributed by atoms with Gasteiger partial charge in [0.1, 0.15) is 5.75 Å². The molecular weight excluding hydrogens is 378 g/mol. The van der Waals surface area contributed by atoms with Crippen molar-refractivity contribution in [2.45, 2.75) is 52.1 Å². The number of piperidine rings is 1. The van der Waals surface area contributed by atoms with Crippen molar-refractivity contribution in [2.75, 3.05) is 19.7 Å². The van der Waals surface area contributed by atoms with Crippen LogP contribution in [-0.2, 0) is 6.54 Å². The summed E-state index contributed by atoms with van der Waals surface area (Å²) in [7, 11) is 0. The summed E-state index contributed by atoms with van der Waals surface area (Å²) in [6.45, 7) is 7.15. The van der Waals surface area contributed by atoms with Gasteiger partial charge in [0.25, 0.3) is 5.91 Å². The number of benzene rings is 1. The molecule has 0 aliphatic carbocycles. The molecule has 1 aliphatic heterocycles. The van der Waals surface area contributed by atoms with Gasteiger partial charge in [-0.25, -0.2) is 4.68 Å². The molecule has 1 fully saturated rings. The number of aromatic nitrogens is 3. The first-order valence-electron chi connectivity index (χ1n) is 9.81. The van der Waals surface area contributed by atoms with Gasteiger partial charge in [0.05, 0.1) is 18.3 Å². The number of nitrogens with one attached hydrogen (secondary N) is 2. The molecule has 1 aromatic carbocycles. The van der Waals surface area contributed by atoms with Crippen LogP contribution in [0.3, 0.4) is 0 Å². The molecule has 154 valence electrons. The number of amides is 1. The third-order valence-corrected chi connectivity index (χ3v) is 4.92. The normalized spacial score (nSPS) is 14.4. The summed E-state index contributed by atoms with van der Waals surface area (Å²) < 4.78 is 7.63. The van der Waals surface area contributed by atoms with E-state index in [4.69, 9.17) is 4.74 Å². The molecule has 0 unspecified atom stereocenters. The number of carbonyl (C=O) groups excluding carboxylic acids is 1. The molecule has 28 heavy (non-hydrogen) atoms. The maximum Gasteiger partial charge on any atom is 0.274 e. The first-order chi connectivity index (χ1) is 13.2. The highest BCUT2D eigenvalue weighted by Gasteiger charge is 2.22. The number of unbranched alkanes of at least 4 members (excludes halogenated alkanes) is 1. The van der Waals surface area contributed by atoms with Gasteiger partial charge >= 0.3 is 0 Å². The van der Waals surface area contributed by atoms with Crippen molar-refractivity contribution in [1.82, 2.24) is 25.6 Å². The van der Waals surface area contributed by atoms with Gasteiger partial charge in [0.15, 0.2) is 5.69 Å². The first kappa shape index (κ1) is 22.2. The van der Waals surface area contributed by atoms with E-state index in [1.54, 1.807) is 0 Å². The summed E-state index contributed by atoms with van der Waals surface area (Å²) in [5.41, 5.74) is 2.24. The minimum atomic E-state index is -0.190. The highest BCUT2D eigenvalue weighted by atomic mass is 35.5. The lowest BCUT2D eigenvalue weighted by atomic mass is 10.1. The largest absolute Gasteiger partial charge is 0.494 e. The molecule has 0 atom stereocenters. The zero-order valence-corrected chi connectivity index (χ0v) is 17.4. The van der Waals surface area contributed by atoms with E-state index in [1.165, 1.54) is 0 Å². The second-order valence-corrected chi connectivity index (χ2v) is 6.98. The Morgan fingerprint density at radius 2 is 2.14 bits per heavy atom. The molecule has 2 aromatic rings. The van der Waals surface area contributed by atoms with Gasteiger partial charge < -0.3 is 15.4 Å². The van der Waals surface area contributed by atoms with E-state index in [1.807, 2.05) is 35.9 Å². The van der Waals surface area contributed by atoms with Crippen LogP contribution in [0.2, 0.25) is 0 Å². The molecule has 1 saturated heterocycles. The smallest absolute Gasteiger partial charge is 0.274 e. The van der Waals surface area contributed by atoms with Crippen molar-refractivity contribution in [3.05, 3.63) is 41.2 Å². The number of nitrogens with zero attached hydrogens (tertiary/aromatic N) is 3. The molecule has 0 radical (unpaired) electrons. The van der Waals surface area contributed by atoms with E-state index in [0.29, 0.717) is 24.9 Å². The van der Waals surface area contributed by atoms with Gasteiger partial charge in [0.2, 0.25) is 0 Å². The van der Waals surface area contributed by atoms with Crippen LogP contribution >= 0.6 is 12.4 Å². The summed E-state index contributed by atoms with van der Waals surface area (Å²) >= 11 is 0. The van der Waals surface area contributed by atoms with Crippen LogP contribution in [-0.4, -0.2) is 40.6 Å². The zero-order valence-electron chi connectivity index (χ0n) is 16.6. The summed E-state index contributed by atoms with van der Waals surface area (Å²) in [4.78, 5) is 12.6. The Kier molecular flexibility index (Phi) is 8.73. The van der Waals surface area contributed by atoms with Crippen molar-refractivity contribution in [1.29, 1.82) is 0 Å². The maximum atomic E-state index is 12.6. The Morgan fingerprint density at radius 1 is 1.36 bits per heavy atom. The van der Waals surface area contributed by atoms with Crippen molar-refractivity contribution in [3.8, 4) is 5.75 Å². The van der Waals surface area contributed by atoms with Gasteiger partial charge in [0, 0.05) is 6.54 Å². The highest BCUT2D eigenvalue weighted by Crippen LogP contribution is 2.20. The Balaban J connectivity index is 0.00000280. The van der Waals surface area contributed by atoms with Crippen molar-refractivity contribution in [3.63, 3.8) is 0 Å². The van der Waals surface area contributed by atoms with E-state index in [-0.39, 0.29) is 18.3 Å². The lowest BCUT2D eigenvalue weighted by Gasteiger charge is -2.23. The minimum Gasteiger partial charge on any atom is -0.494 e. The molecule has 2 N–H and O–H groups in total. The second-order valence-electron chi connectivity index (χ2n) is 6.98. The Labute approximate surface area is 172 Å². The first-order valence-corrected chi connectivity index (χ1v) is 9.81. The second kappa shape index (κ2) is 11.0. The SMILES string of the molecule is CCCCOc1cccc(CNC(=O)c2nnn(C3CCNCC3)c2C)c1.Cl. The molecule has 0 spiro atoms. The maximum absolute atomic E-state index is 12.6. The summed E-state index contributed by atoms with van der Waals surface area (Å²) in [5.74, 6) is 0.647. The molecule has 2 heterocycles. The fourth-order valence-corrected chi connectivity index (χ4v) is 3.29. The predicted molar refractivity (Wildman–Crippen MR) is 111 cm³/mol. The number of hydrogen-bond acceptors (Lipinski definition) is 5. The van der Waals surface area contributed by atoms with Crippen LogP contribution in [0.1, 0.15) is 60.4 Å². The number of rotatable bonds is 8. The summed E-state index contributed by atoms with van der Waals surface area (Å²) in [6.07, 6.45) is 4.16. The third-order valence-electron chi connectivity index (χ3n) is 4.92. The average Bonchev–Trinajstić information content (AvgIpc) is 3.09. The molecule has 8 heteroatoms. The van der Waals surface area contributed by atoms with Crippen molar-refractivity contribution >= 4 is 18.3 Å². The quantitative estimate of drug-likeness (QED) is 0.657. The van der Waals surface area contributed by atoms with Crippen LogP contribution in [0.5, 0.6) is 5.75 Å². The Bertz CT molecular complexity index is 759. The van der Waals surface area contributed by atoms with Crippen LogP contribution in [0.4, 0.5) is 0 Å². The summed E-state index contributed by atoms with van der Waals surface area (Å²) in [5, 5.41) is 14.6. The third kappa shape index (κ3) is 5.69. The van der Waals surface area contributed by atoms with Gasteiger partial charge in [-0.15, -0.1) is 17.5 Å². The molecule has 7 nitrogen and oxygen atoms in total. The van der Waals surface area contributed by atoms with E-state index >= 15 is 0 Å².